The number of phenolic OH excluding ortho intramolecular Hbond substituents is 2. The maximum atomic E-state index is 14.3. The largest absolute Gasteiger partial charge is 0.506 e. The minimum atomic E-state index is -5.91. The molecule has 0 spiro atoms. The van der Waals surface area contributed by atoms with Crippen molar-refractivity contribution in [3.63, 3.8) is 0 Å². The zero-order valence-electron chi connectivity index (χ0n) is 18.5. The number of methoxy groups -OCH3 is 1. The summed E-state index contributed by atoms with van der Waals surface area (Å²) in [5, 5.41) is 22.0. The normalized spacial score (nSPS) is 12.3. The van der Waals surface area contributed by atoms with Gasteiger partial charge in [0.05, 0.1) is 25.0 Å². The van der Waals surface area contributed by atoms with E-state index in [-0.39, 0.29) is 5.56 Å². The van der Waals surface area contributed by atoms with Crippen molar-refractivity contribution >= 4 is 17.2 Å². The fourth-order valence-corrected chi connectivity index (χ4v) is 3.74. The van der Waals surface area contributed by atoms with E-state index in [0.717, 1.165) is 0 Å². The average Bonchev–Trinajstić information content (AvgIpc) is 2.80. The monoisotopic (exact) mass is 514 g/mol. The van der Waals surface area contributed by atoms with E-state index < -0.39 is 64.1 Å². The van der Waals surface area contributed by atoms with Crippen LogP contribution in [0.15, 0.2) is 60.7 Å². The lowest BCUT2D eigenvalue weighted by molar-refractivity contribution is -0.288. The van der Waals surface area contributed by atoms with Gasteiger partial charge in [-0.25, -0.2) is 0 Å². The number of ether oxygens (including phenoxy) is 1. The number of alkyl halides is 6. The molecule has 0 atom stereocenters. The minimum absolute atomic E-state index is 0.193. The molecule has 0 amide bonds. The lowest BCUT2D eigenvalue weighted by Crippen LogP contribution is -2.54. The van der Waals surface area contributed by atoms with E-state index in [2.05, 4.69) is 5.32 Å². The Morgan fingerprint density at radius 1 is 0.861 bits per heavy atom. The highest BCUT2D eigenvalue weighted by Gasteiger charge is 2.72. The number of carbonyl (C=O) groups is 1. The quantitative estimate of drug-likeness (QED) is 0.146. The molecule has 0 heterocycles. The summed E-state index contributed by atoms with van der Waals surface area (Å²) in [5.74, 6) is -1.45. The first kappa shape index (κ1) is 26.5. The van der Waals surface area contributed by atoms with Crippen LogP contribution in [0.25, 0.3) is 0 Å². The van der Waals surface area contributed by atoms with Gasteiger partial charge in [-0.05, 0) is 59.7 Å². The molecule has 3 aromatic carbocycles. The number of hydrogen-bond donors (Lipinski definition) is 4. The van der Waals surface area contributed by atoms with Gasteiger partial charge in [-0.1, -0.05) is 12.1 Å². The Labute approximate surface area is 200 Å². The van der Waals surface area contributed by atoms with Gasteiger partial charge >= 0.3 is 12.4 Å². The van der Waals surface area contributed by atoms with E-state index >= 15 is 0 Å². The molecule has 0 aliphatic rings. The van der Waals surface area contributed by atoms with Crippen LogP contribution in [0, 0.1) is 0 Å². The predicted molar refractivity (Wildman–Crippen MR) is 119 cm³/mol. The predicted octanol–water partition coefficient (Wildman–Crippen LogP) is 5.39. The number of nitrogens with two attached hydrogens (primary N) is 1. The molecule has 0 bridgehead atoms. The first-order valence-electron chi connectivity index (χ1n) is 10.2. The van der Waals surface area contributed by atoms with Crippen molar-refractivity contribution in [2.24, 2.45) is 0 Å². The minimum Gasteiger partial charge on any atom is -0.506 e. The molecule has 0 aromatic heterocycles. The standard InChI is InChI=1S/C24H20F6N2O4/c1-36-16-6-2-13(3-7-16)21(35)12-32-18-11-15(5-9-20(18)34)22(23(25,26)27,24(28,29)30)14-4-8-19(33)17(31)10-14/h2-11,32-34H,12,31H2,1H3. The second kappa shape index (κ2) is 9.51. The van der Waals surface area contributed by atoms with Crippen LogP contribution < -0.4 is 15.8 Å². The third-order valence-electron chi connectivity index (χ3n) is 5.59. The van der Waals surface area contributed by atoms with Crippen molar-refractivity contribution in [3.8, 4) is 17.2 Å². The zero-order valence-corrected chi connectivity index (χ0v) is 18.5. The molecular formula is C24H20F6N2O4. The summed E-state index contributed by atoms with van der Waals surface area (Å²) in [5.41, 5.74) is -2.75. The number of nitrogens with one attached hydrogen (secondary N) is 1. The molecule has 6 nitrogen and oxygen atoms in total. The van der Waals surface area contributed by atoms with Crippen molar-refractivity contribution in [1.82, 2.24) is 0 Å². The number of ketones is 1. The number of rotatable bonds is 7. The molecule has 3 aromatic rings. The highest BCUT2D eigenvalue weighted by Crippen LogP contribution is 2.57. The molecule has 12 heteroatoms. The average molecular weight is 514 g/mol. The zero-order chi connectivity index (χ0) is 26.9. The van der Waals surface area contributed by atoms with E-state index in [1.165, 1.54) is 31.4 Å². The van der Waals surface area contributed by atoms with E-state index in [1.54, 1.807) is 0 Å². The smallest absolute Gasteiger partial charge is 0.411 e. The van der Waals surface area contributed by atoms with Gasteiger partial charge in [-0.2, -0.15) is 26.3 Å². The van der Waals surface area contributed by atoms with Crippen LogP contribution in [0.4, 0.5) is 37.7 Å². The molecule has 0 saturated carbocycles. The van der Waals surface area contributed by atoms with Crippen LogP contribution in [0.5, 0.6) is 17.2 Å². The van der Waals surface area contributed by atoms with E-state index in [0.29, 0.717) is 42.1 Å². The lowest BCUT2D eigenvalue weighted by atomic mass is 9.72. The number of hydrogen-bond acceptors (Lipinski definition) is 6. The molecule has 0 aliphatic heterocycles. The Morgan fingerprint density at radius 2 is 1.39 bits per heavy atom. The number of benzene rings is 3. The highest BCUT2D eigenvalue weighted by atomic mass is 19.4. The van der Waals surface area contributed by atoms with Crippen molar-refractivity contribution in [1.29, 1.82) is 0 Å². The Bertz CT molecular complexity index is 1240. The van der Waals surface area contributed by atoms with Crippen LogP contribution in [0.1, 0.15) is 21.5 Å². The van der Waals surface area contributed by atoms with E-state index in [1.807, 2.05) is 0 Å². The second-order valence-corrected chi connectivity index (χ2v) is 7.76. The fraction of sp³-hybridized carbons (Fsp3) is 0.208. The SMILES string of the molecule is COc1ccc(C(=O)CNc2cc(C(c3ccc(O)c(N)c3)(C(F)(F)F)C(F)(F)F)ccc2O)cc1. The van der Waals surface area contributed by atoms with Crippen molar-refractivity contribution in [2.45, 2.75) is 17.8 Å². The second-order valence-electron chi connectivity index (χ2n) is 7.76. The third-order valence-corrected chi connectivity index (χ3v) is 5.59. The van der Waals surface area contributed by atoms with Crippen LogP contribution in [-0.2, 0) is 5.41 Å². The molecule has 3 rings (SSSR count). The molecule has 36 heavy (non-hydrogen) atoms. The Balaban J connectivity index is 2.08. The maximum absolute atomic E-state index is 14.3. The number of phenols is 2. The lowest BCUT2D eigenvalue weighted by Gasteiger charge is -2.38. The number of anilines is 2. The summed E-state index contributed by atoms with van der Waals surface area (Å²) in [4.78, 5) is 12.4. The van der Waals surface area contributed by atoms with Crippen molar-refractivity contribution in [3.05, 3.63) is 77.4 Å². The first-order chi connectivity index (χ1) is 16.7. The van der Waals surface area contributed by atoms with Gasteiger partial charge in [-0.15, -0.1) is 0 Å². The first-order valence-corrected chi connectivity index (χ1v) is 10.2. The molecule has 192 valence electrons. The Kier molecular flexibility index (Phi) is 7.01. The fourth-order valence-electron chi connectivity index (χ4n) is 3.74. The van der Waals surface area contributed by atoms with E-state index in [4.69, 9.17) is 10.5 Å². The van der Waals surface area contributed by atoms with Crippen molar-refractivity contribution in [2.75, 3.05) is 24.7 Å². The summed E-state index contributed by atoms with van der Waals surface area (Å²) >= 11 is 0. The Morgan fingerprint density at radius 3 is 1.89 bits per heavy atom. The van der Waals surface area contributed by atoms with E-state index in [9.17, 15) is 41.4 Å². The number of halogens is 6. The Hall–Kier alpha value is -4.09. The van der Waals surface area contributed by atoms with Crippen molar-refractivity contribution < 1.29 is 46.1 Å². The number of Topliss-reactive ketones (excluding diaryl/α,β-unsaturated/α-hetero) is 1. The number of carbonyl (C=O) groups excluding carboxylic acids is 1. The van der Waals surface area contributed by atoms with Gasteiger partial charge in [0, 0.05) is 5.56 Å². The van der Waals surface area contributed by atoms with Gasteiger partial charge in [0.1, 0.15) is 17.2 Å². The summed E-state index contributed by atoms with van der Waals surface area (Å²) in [6, 6.07) is 8.94. The van der Waals surface area contributed by atoms with Gasteiger partial charge in [0.25, 0.3) is 0 Å². The van der Waals surface area contributed by atoms with Crippen LogP contribution >= 0.6 is 0 Å². The van der Waals surface area contributed by atoms with Gasteiger partial charge in [-0.3, -0.25) is 4.79 Å². The summed E-state index contributed by atoms with van der Waals surface area (Å²) in [6.07, 6.45) is -11.8. The molecular weight excluding hydrogens is 494 g/mol. The molecule has 0 fully saturated rings. The van der Waals surface area contributed by atoms with Crippen LogP contribution in [0.2, 0.25) is 0 Å². The third kappa shape index (κ3) is 4.70. The topological polar surface area (TPSA) is 105 Å². The van der Waals surface area contributed by atoms with Crippen LogP contribution in [-0.4, -0.2) is 42.0 Å². The summed E-state index contributed by atoms with van der Waals surface area (Å²) < 4.78 is 91.0. The molecule has 5 N–H and O–H groups in total. The van der Waals surface area contributed by atoms with Gasteiger partial charge < -0.3 is 26.0 Å². The number of nitrogen functional groups attached to an aromatic ring is 1. The molecule has 0 aliphatic carbocycles. The molecule has 0 unspecified atom stereocenters. The number of aromatic hydroxyl groups is 2. The summed E-state index contributed by atoms with van der Waals surface area (Å²) in [6.45, 7) is -0.541. The molecule has 0 radical (unpaired) electrons. The maximum Gasteiger partial charge on any atom is 0.411 e. The molecule has 0 saturated heterocycles. The highest BCUT2D eigenvalue weighted by molar-refractivity contribution is 5.99. The van der Waals surface area contributed by atoms with Gasteiger partial charge in [0.15, 0.2) is 5.78 Å². The summed E-state index contributed by atoms with van der Waals surface area (Å²) in [7, 11) is 1.42. The van der Waals surface area contributed by atoms with Gasteiger partial charge in [0.2, 0.25) is 5.41 Å². The van der Waals surface area contributed by atoms with Crippen LogP contribution in [0.3, 0.4) is 0 Å².